The molecule has 1 aromatic heterocycles. The lowest BCUT2D eigenvalue weighted by Crippen LogP contribution is -2.42. The van der Waals surface area contributed by atoms with Crippen LogP contribution in [0.2, 0.25) is 0 Å². The lowest BCUT2D eigenvalue weighted by Gasteiger charge is -2.30. The molecule has 2 rings (SSSR count). The van der Waals surface area contributed by atoms with Crippen molar-refractivity contribution in [2.75, 3.05) is 26.1 Å². The number of nitrogen functional groups attached to an aromatic ring is 1. The van der Waals surface area contributed by atoms with Gasteiger partial charge in [-0.1, -0.05) is 0 Å². The standard InChI is InChI=1S/C12H15N3O3/c1-16-9-2-3-17-7-11(9)18-10-4-12(14)15-6-8(10)5-13/h4,6,9,11H,2-3,7H2,1H3,(H2,14,15)/t9-,11-/m0/s1. The van der Waals surface area contributed by atoms with Crippen molar-refractivity contribution in [3.05, 3.63) is 17.8 Å². The lowest BCUT2D eigenvalue weighted by molar-refractivity contribution is -0.0896. The Morgan fingerprint density at radius 3 is 3.11 bits per heavy atom. The molecular formula is C12H15N3O3. The third-order valence-electron chi connectivity index (χ3n) is 2.83. The predicted octanol–water partition coefficient (Wildman–Crippen LogP) is 0.718. The van der Waals surface area contributed by atoms with Gasteiger partial charge in [0.25, 0.3) is 0 Å². The fraction of sp³-hybridized carbons (Fsp3) is 0.500. The summed E-state index contributed by atoms with van der Waals surface area (Å²) in [4.78, 5) is 3.86. The van der Waals surface area contributed by atoms with Gasteiger partial charge in [-0.3, -0.25) is 0 Å². The van der Waals surface area contributed by atoms with Crippen LogP contribution >= 0.6 is 0 Å². The molecule has 2 heterocycles. The highest BCUT2D eigenvalue weighted by molar-refractivity contribution is 5.47. The monoisotopic (exact) mass is 249 g/mol. The third-order valence-corrected chi connectivity index (χ3v) is 2.83. The Morgan fingerprint density at radius 1 is 1.56 bits per heavy atom. The molecule has 1 saturated heterocycles. The predicted molar refractivity (Wildman–Crippen MR) is 64.0 cm³/mol. The molecule has 0 unspecified atom stereocenters. The summed E-state index contributed by atoms with van der Waals surface area (Å²) in [5, 5.41) is 8.99. The number of nitrogens with zero attached hydrogens (tertiary/aromatic N) is 2. The third kappa shape index (κ3) is 2.70. The topological polar surface area (TPSA) is 90.4 Å². The van der Waals surface area contributed by atoms with E-state index >= 15 is 0 Å². The molecule has 2 N–H and O–H groups in total. The van der Waals surface area contributed by atoms with Gasteiger partial charge in [0.15, 0.2) is 0 Å². The van der Waals surface area contributed by atoms with Gasteiger partial charge in [-0.15, -0.1) is 0 Å². The normalized spacial score (nSPS) is 23.3. The maximum atomic E-state index is 8.99. The van der Waals surface area contributed by atoms with Crippen LogP contribution in [0.15, 0.2) is 12.3 Å². The van der Waals surface area contributed by atoms with Crippen molar-refractivity contribution in [2.24, 2.45) is 0 Å². The van der Waals surface area contributed by atoms with Gasteiger partial charge in [0.1, 0.15) is 29.3 Å². The Kier molecular flexibility index (Phi) is 3.97. The van der Waals surface area contributed by atoms with E-state index in [4.69, 9.17) is 25.2 Å². The molecule has 1 aromatic rings. The van der Waals surface area contributed by atoms with E-state index in [2.05, 4.69) is 4.98 Å². The summed E-state index contributed by atoms with van der Waals surface area (Å²) in [6, 6.07) is 3.56. The Hall–Kier alpha value is -1.84. The van der Waals surface area contributed by atoms with Crippen molar-refractivity contribution in [1.82, 2.24) is 4.98 Å². The summed E-state index contributed by atoms with van der Waals surface area (Å²) in [7, 11) is 1.64. The summed E-state index contributed by atoms with van der Waals surface area (Å²) in [5.41, 5.74) is 5.94. The van der Waals surface area contributed by atoms with Crippen LogP contribution in [0.3, 0.4) is 0 Å². The van der Waals surface area contributed by atoms with E-state index in [9.17, 15) is 0 Å². The van der Waals surface area contributed by atoms with Crippen LogP contribution in [0.4, 0.5) is 5.82 Å². The number of pyridine rings is 1. The van der Waals surface area contributed by atoms with Crippen LogP contribution in [0.25, 0.3) is 0 Å². The molecule has 2 atom stereocenters. The number of hydrogen-bond acceptors (Lipinski definition) is 6. The highest BCUT2D eigenvalue weighted by Gasteiger charge is 2.28. The molecule has 0 spiro atoms. The van der Waals surface area contributed by atoms with Crippen molar-refractivity contribution in [2.45, 2.75) is 18.6 Å². The molecule has 0 radical (unpaired) electrons. The fourth-order valence-electron chi connectivity index (χ4n) is 1.87. The Bertz CT molecular complexity index is 458. The highest BCUT2D eigenvalue weighted by Crippen LogP contribution is 2.23. The number of hydrogen-bond donors (Lipinski definition) is 1. The van der Waals surface area contributed by atoms with Crippen molar-refractivity contribution >= 4 is 5.82 Å². The summed E-state index contributed by atoms with van der Waals surface area (Å²) in [6.07, 6.45) is 1.89. The molecule has 1 fully saturated rings. The van der Waals surface area contributed by atoms with Gasteiger partial charge >= 0.3 is 0 Å². The molecule has 1 aliphatic heterocycles. The van der Waals surface area contributed by atoms with Crippen molar-refractivity contribution < 1.29 is 14.2 Å². The number of methoxy groups -OCH3 is 1. The van der Waals surface area contributed by atoms with Crippen molar-refractivity contribution in [3.63, 3.8) is 0 Å². The smallest absolute Gasteiger partial charge is 0.148 e. The minimum atomic E-state index is -0.238. The maximum Gasteiger partial charge on any atom is 0.148 e. The molecule has 0 amide bonds. The summed E-state index contributed by atoms with van der Waals surface area (Å²) in [6.45, 7) is 1.09. The fourth-order valence-corrected chi connectivity index (χ4v) is 1.87. The van der Waals surface area contributed by atoms with Crippen LogP contribution in [0.1, 0.15) is 12.0 Å². The molecule has 0 bridgehead atoms. The van der Waals surface area contributed by atoms with Gasteiger partial charge in [0, 0.05) is 26.2 Å². The van der Waals surface area contributed by atoms with Crippen LogP contribution < -0.4 is 10.5 Å². The first-order valence-corrected chi connectivity index (χ1v) is 5.67. The van der Waals surface area contributed by atoms with Crippen molar-refractivity contribution in [1.29, 1.82) is 5.26 Å². The quantitative estimate of drug-likeness (QED) is 0.848. The van der Waals surface area contributed by atoms with Crippen LogP contribution in [-0.4, -0.2) is 37.5 Å². The first kappa shape index (κ1) is 12.6. The second-order valence-corrected chi connectivity index (χ2v) is 4.01. The average Bonchev–Trinajstić information content (AvgIpc) is 2.40. The van der Waals surface area contributed by atoms with Gasteiger partial charge in [-0.25, -0.2) is 4.98 Å². The molecule has 0 aliphatic carbocycles. The van der Waals surface area contributed by atoms with Gasteiger partial charge in [-0.05, 0) is 0 Å². The van der Waals surface area contributed by atoms with E-state index in [-0.39, 0.29) is 12.2 Å². The summed E-state index contributed by atoms with van der Waals surface area (Å²) < 4.78 is 16.5. The van der Waals surface area contributed by atoms with E-state index in [1.165, 1.54) is 6.20 Å². The van der Waals surface area contributed by atoms with E-state index in [1.807, 2.05) is 6.07 Å². The zero-order valence-corrected chi connectivity index (χ0v) is 10.1. The summed E-state index contributed by atoms with van der Waals surface area (Å²) >= 11 is 0. The largest absolute Gasteiger partial charge is 0.484 e. The minimum Gasteiger partial charge on any atom is -0.484 e. The SMILES string of the molecule is CO[C@H]1CCOC[C@@H]1Oc1cc(N)ncc1C#N. The van der Waals surface area contributed by atoms with Crippen molar-refractivity contribution in [3.8, 4) is 11.8 Å². The summed E-state index contributed by atoms with van der Waals surface area (Å²) in [5.74, 6) is 0.734. The Balaban J connectivity index is 2.17. The second-order valence-electron chi connectivity index (χ2n) is 4.01. The number of nitrogens with two attached hydrogens (primary N) is 1. The molecule has 96 valence electrons. The number of nitriles is 1. The average molecular weight is 249 g/mol. The van der Waals surface area contributed by atoms with Gasteiger partial charge < -0.3 is 19.9 Å². The van der Waals surface area contributed by atoms with Crippen LogP contribution in [0.5, 0.6) is 5.75 Å². The van der Waals surface area contributed by atoms with E-state index in [0.29, 0.717) is 30.3 Å². The van der Waals surface area contributed by atoms with E-state index in [1.54, 1.807) is 13.2 Å². The van der Waals surface area contributed by atoms with Gasteiger partial charge in [0.2, 0.25) is 0 Å². The zero-order valence-electron chi connectivity index (χ0n) is 10.1. The maximum absolute atomic E-state index is 8.99. The number of aromatic nitrogens is 1. The first-order chi connectivity index (χ1) is 8.74. The Labute approximate surface area is 105 Å². The lowest BCUT2D eigenvalue weighted by atomic mass is 10.1. The molecule has 6 heteroatoms. The van der Waals surface area contributed by atoms with E-state index < -0.39 is 0 Å². The van der Waals surface area contributed by atoms with Crippen LogP contribution in [0, 0.1) is 11.3 Å². The molecule has 0 aromatic carbocycles. The molecule has 6 nitrogen and oxygen atoms in total. The number of ether oxygens (including phenoxy) is 3. The number of anilines is 1. The van der Waals surface area contributed by atoms with E-state index in [0.717, 1.165) is 6.42 Å². The number of rotatable bonds is 3. The molecule has 0 saturated carbocycles. The first-order valence-electron chi connectivity index (χ1n) is 5.67. The van der Waals surface area contributed by atoms with Crippen LogP contribution in [-0.2, 0) is 9.47 Å². The Morgan fingerprint density at radius 2 is 2.39 bits per heavy atom. The second kappa shape index (κ2) is 5.67. The van der Waals surface area contributed by atoms with Gasteiger partial charge in [0.05, 0.1) is 18.9 Å². The highest BCUT2D eigenvalue weighted by atomic mass is 16.6. The van der Waals surface area contributed by atoms with Gasteiger partial charge in [-0.2, -0.15) is 5.26 Å². The zero-order chi connectivity index (χ0) is 13.0. The molecular weight excluding hydrogens is 234 g/mol. The minimum absolute atomic E-state index is 0.0420. The molecule has 1 aliphatic rings. The molecule has 18 heavy (non-hydrogen) atoms.